The van der Waals surface area contributed by atoms with Crippen molar-refractivity contribution in [3.8, 4) is 0 Å². The van der Waals surface area contributed by atoms with E-state index in [0.717, 1.165) is 25.7 Å². The van der Waals surface area contributed by atoms with Gasteiger partial charge in [-0.2, -0.15) is 0 Å². The Bertz CT molecular complexity index is 225. The minimum absolute atomic E-state index is 0.0376. The summed E-state index contributed by atoms with van der Waals surface area (Å²) in [6.07, 6.45) is 5.69. The van der Waals surface area contributed by atoms with Gasteiger partial charge >= 0.3 is 0 Å². The van der Waals surface area contributed by atoms with Crippen LogP contribution in [0.1, 0.15) is 45.4 Å². The number of rotatable bonds is 5. The summed E-state index contributed by atoms with van der Waals surface area (Å²) in [7, 11) is 1.64. The monoisotopic (exact) mass is 228 g/mol. The predicted molar refractivity (Wildman–Crippen MR) is 64.2 cm³/mol. The quantitative estimate of drug-likeness (QED) is 0.652. The number of carbonyl (C=O) groups is 1. The summed E-state index contributed by atoms with van der Waals surface area (Å²) in [5.74, 6) is 0.0376. The fourth-order valence-corrected chi connectivity index (χ4v) is 2.20. The largest absolute Gasteiger partial charge is 0.389 e. The van der Waals surface area contributed by atoms with E-state index in [-0.39, 0.29) is 11.9 Å². The van der Waals surface area contributed by atoms with E-state index in [1.165, 1.54) is 6.42 Å². The topological polar surface area (TPSA) is 61.4 Å². The van der Waals surface area contributed by atoms with E-state index in [0.29, 0.717) is 13.0 Å². The molecule has 1 aliphatic rings. The van der Waals surface area contributed by atoms with Crippen LogP contribution >= 0.6 is 0 Å². The van der Waals surface area contributed by atoms with Gasteiger partial charge in [-0.1, -0.05) is 19.3 Å². The molecule has 1 unspecified atom stereocenters. The fourth-order valence-electron chi connectivity index (χ4n) is 2.20. The van der Waals surface area contributed by atoms with Crippen molar-refractivity contribution in [3.63, 3.8) is 0 Å². The number of aliphatic hydroxyl groups is 1. The van der Waals surface area contributed by atoms with Gasteiger partial charge in [-0.15, -0.1) is 0 Å². The molecule has 0 bridgehead atoms. The molecule has 0 aromatic rings. The molecule has 4 nitrogen and oxygen atoms in total. The molecule has 0 aliphatic heterocycles. The molecular formula is C12H24N2O2. The third-order valence-electron chi connectivity index (χ3n) is 3.33. The van der Waals surface area contributed by atoms with Crippen molar-refractivity contribution < 1.29 is 9.90 Å². The van der Waals surface area contributed by atoms with Gasteiger partial charge in [-0.25, -0.2) is 0 Å². The molecule has 1 saturated carbocycles. The molecule has 1 amide bonds. The first-order valence-corrected chi connectivity index (χ1v) is 6.22. The molecular weight excluding hydrogens is 204 g/mol. The van der Waals surface area contributed by atoms with Gasteiger partial charge in [0, 0.05) is 26.1 Å². The number of hydrogen-bond donors (Lipinski definition) is 3. The molecule has 3 N–H and O–H groups in total. The Morgan fingerprint density at radius 1 is 1.38 bits per heavy atom. The van der Waals surface area contributed by atoms with Gasteiger partial charge in [0.15, 0.2) is 0 Å². The second kappa shape index (κ2) is 6.21. The van der Waals surface area contributed by atoms with Gasteiger partial charge in [0.05, 0.1) is 5.60 Å². The first-order valence-electron chi connectivity index (χ1n) is 6.22. The molecule has 1 fully saturated rings. The van der Waals surface area contributed by atoms with Gasteiger partial charge in [-0.3, -0.25) is 4.79 Å². The highest BCUT2D eigenvalue weighted by molar-refractivity contribution is 5.76. The number of amides is 1. The molecule has 0 saturated heterocycles. The zero-order chi connectivity index (χ0) is 12.0. The predicted octanol–water partition coefficient (Wildman–Crippen LogP) is 0.796. The third-order valence-corrected chi connectivity index (χ3v) is 3.33. The number of nitrogens with one attached hydrogen (secondary N) is 2. The maximum atomic E-state index is 11.1. The lowest BCUT2D eigenvalue weighted by Gasteiger charge is -2.33. The van der Waals surface area contributed by atoms with Crippen LogP contribution in [0.4, 0.5) is 0 Å². The SMILES string of the molecule is CNC(=O)CC(C)NCC1(O)CCCCC1. The van der Waals surface area contributed by atoms with Crippen LogP contribution in [0.25, 0.3) is 0 Å². The Kier molecular flexibility index (Phi) is 5.22. The Morgan fingerprint density at radius 2 is 2.00 bits per heavy atom. The van der Waals surface area contributed by atoms with E-state index in [1.54, 1.807) is 7.05 Å². The summed E-state index contributed by atoms with van der Waals surface area (Å²) in [5, 5.41) is 16.1. The zero-order valence-electron chi connectivity index (χ0n) is 10.4. The van der Waals surface area contributed by atoms with Crippen LogP contribution in [-0.4, -0.2) is 36.2 Å². The van der Waals surface area contributed by atoms with Crippen LogP contribution in [0.5, 0.6) is 0 Å². The lowest BCUT2D eigenvalue weighted by atomic mass is 9.85. The average Bonchev–Trinajstić information content (AvgIpc) is 2.27. The second-order valence-electron chi connectivity index (χ2n) is 4.94. The van der Waals surface area contributed by atoms with E-state index in [9.17, 15) is 9.90 Å². The third kappa shape index (κ3) is 4.49. The summed E-state index contributed by atoms with van der Waals surface area (Å²) in [4.78, 5) is 11.1. The molecule has 0 aromatic carbocycles. The zero-order valence-corrected chi connectivity index (χ0v) is 10.4. The van der Waals surface area contributed by atoms with Crippen LogP contribution in [0, 0.1) is 0 Å². The van der Waals surface area contributed by atoms with Gasteiger partial charge in [0.1, 0.15) is 0 Å². The highest BCUT2D eigenvalue weighted by Gasteiger charge is 2.29. The first kappa shape index (κ1) is 13.5. The first-order chi connectivity index (χ1) is 7.56. The molecule has 1 atom stereocenters. The van der Waals surface area contributed by atoms with Crippen molar-refractivity contribution in [2.75, 3.05) is 13.6 Å². The van der Waals surface area contributed by atoms with Gasteiger partial charge in [0.2, 0.25) is 5.91 Å². The Hall–Kier alpha value is -0.610. The minimum atomic E-state index is -0.546. The van der Waals surface area contributed by atoms with Crippen molar-refractivity contribution in [3.05, 3.63) is 0 Å². The maximum Gasteiger partial charge on any atom is 0.221 e. The Balaban J connectivity index is 2.24. The molecule has 0 heterocycles. The van der Waals surface area contributed by atoms with Crippen molar-refractivity contribution in [1.82, 2.24) is 10.6 Å². The summed E-state index contributed by atoms with van der Waals surface area (Å²) in [5.41, 5.74) is -0.546. The smallest absolute Gasteiger partial charge is 0.221 e. The van der Waals surface area contributed by atoms with Crippen LogP contribution in [0.2, 0.25) is 0 Å². The second-order valence-corrected chi connectivity index (χ2v) is 4.94. The van der Waals surface area contributed by atoms with Gasteiger partial charge in [-0.05, 0) is 19.8 Å². The van der Waals surface area contributed by atoms with E-state index in [2.05, 4.69) is 10.6 Å². The van der Waals surface area contributed by atoms with Crippen LogP contribution in [0.3, 0.4) is 0 Å². The summed E-state index contributed by atoms with van der Waals surface area (Å²) in [6.45, 7) is 2.58. The standard InChI is InChI=1S/C12H24N2O2/c1-10(8-11(15)13-2)14-9-12(16)6-4-3-5-7-12/h10,14,16H,3-9H2,1-2H3,(H,13,15). The van der Waals surface area contributed by atoms with Crippen molar-refractivity contribution in [1.29, 1.82) is 0 Å². The average molecular weight is 228 g/mol. The maximum absolute atomic E-state index is 11.1. The van der Waals surface area contributed by atoms with Crippen LogP contribution < -0.4 is 10.6 Å². The minimum Gasteiger partial charge on any atom is -0.389 e. The molecule has 0 aromatic heterocycles. The lowest BCUT2D eigenvalue weighted by molar-refractivity contribution is -0.121. The lowest BCUT2D eigenvalue weighted by Crippen LogP contribution is -2.45. The molecule has 0 radical (unpaired) electrons. The Morgan fingerprint density at radius 3 is 2.56 bits per heavy atom. The van der Waals surface area contributed by atoms with E-state index < -0.39 is 5.60 Å². The fraction of sp³-hybridized carbons (Fsp3) is 0.917. The summed E-state index contributed by atoms with van der Waals surface area (Å²) < 4.78 is 0. The molecule has 1 rings (SSSR count). The van der Waals surface area contributed by atoms with Gasteiger partial charge < -0.3 is 15.7 Å². The molecule has 94 valence electrons. The Labute approximate surface area is 97.8 Å². The highest BCUT2D eigenvalue weighted by Crippen LogP contribution is 2.27. The van der Waals surface area contributed by atoms with Gasteiger partial charge in [0.25, 0.3) is 0 Å². The number of hydrogen-bond acceptors (Lipinski definition) is 3. The van der Waals surface area contributed by atoms with Crippen molar-refractivity contribution in [2.24, 2.45) is 0 Å². The normalized spacial score (nSPS) is 21.4. The van der Waals surface area contributed by atoms with Crippen LogP contribution in [-0.2, 0) is 4.79 Å². The number of carbonyl (C=O) groups excluding carboxylic acids is 1. The molecule has 4 heteroatoms. The van der Waals surface area contributed by atoms with Crippen molar-refractivity contribution in [2.45, 2.75) is 57.1 Å². The molecule has 1 aliphatic carbocycles. The van der Waals surface area contributed by atoms with E-state index >= 15 is 0 Å². The summed E-state index contributed by atoms with van der Waals surface area (Å²) >= 11 is 0. The molecule has 16 heavy (non-hydrogen) atoms. The van der Waals surface area contributed by atoms with E-state index in [4.69, 9.17) is 0 Å². The highest BCUT2D eigenvalue weighted by atomic mass is 16.3. The van der Waals surface area contributed by atoms with Crippen molar-refractivity contribution >= 4 is 5.91 Å². The molecule has 0 spiro atoms. The van der Waals surface area contributed by atoms with Crippen LogP contribution in [0.15, 0.2) is 0 Å². The van der Waals surface area contributed by atoms with E-state index in [1.807, 2.05) is 6.92 Å². The summed E-state index contributed by atoms with van der Waals surface area (Å²) in [6, 6.07) is 0.117.